The lowest BCUT2D eigenvalue weighted by atomic mass is 10.1. The van der Waals surface area contributed by atoms with E-state index in [4.69, 9.17) is 10.3 Å². The number of nitrogens with two attached hydrogens (primary N) is 1. The number of anilines is 1. The zero-order valence-corrected chi connectivity index (χ0v) is 7.69. The summed E-state index contributed by atoms with van der Waals surface area (Å²) in [6.45, 7) is 1.94. The third-order valence-electron chi connectivity index (χ3n) is 2.04. The number of hydrogen-bond acceptors (Lipinski definition) is 4. The Morgan fingerprint density at radius 2 is 2.14 bits per heavy atom. The Morgan fingerprint density at radius 1 is 1.36 bits per heavy atom. The second-order valence-corrected chi connectivity index (χ2v) is 3.12. The highest BCUT2D eigenvalue weighted by Crippen LogP contribution is 2.33. The highest BCUT2D eigenvalue weighted by Gasteiger charge is 2.10. The smallest absolute Gasteiger partial charge is 0.230 e. The number of aromatic hydroxyl groups is 1. The number of phenolic OH excluding ortho intramolecular Hbond substituents is 1. The Balaban J connectivity index is 2.62. The summed E-state index contributed by atoms with van der Waals surface area (Å²) >= 11 is 0. The molecule has 0 aliphatic heterocycles. The maximum Gasteiger partial charge on any atom is 0.230 e. The molecule has 0 spiro atoms. The molecule has 0 bridgehead atoms. The van der Waals surface area contributed by atoms with E-state index in [2.05, 4.69) is 5.16 Å². The van der Waals surface area contributed by atoms with Crippen molar-refractivity contribution in [2.24, 2.45) is 0 Å². The molecule has 14 heavy (non-hydrogen) atoms. The summed E-state index contributed by atoms with van der Waals surface area (Å²) in [5.74, 6) is 0.386. The molecule has 0 amide bonds. The van der Waals surface area contributed by atoms with Crippen LogP contribution in [0.5, 0.6) is 5.75 Å². The van der Waals surface area contributed by atoms with Gasteiger partial charge in [0.2, 0.25) is 5.88 Å². The maximum absolute atomic E-state index is 9.61. The fraction of sp³-hybridized carbons (Fsp3) is 0.100. The van der Waals surface area contributed by atoms with Gasteiger partial charge >= 0.3 is 0 Å². The molecule has 0 atom stereocenters. The van der Waals surface area contributed by atoms with E-state index in [-0.39, 0.29) is 11.6 Å². The summed E-state index contributed by atoms with van der Waals surface area (Å²) in [4.78, 5) is 0. The quantitative estimate of drug-likeness (QED) is 0.720. The monoisotopic (exact) mass is 190 g/mol. The van der Waals surface area contributed by atoms with Crippen LogP contribution in [0.2, 0.25) is 0 Å². The Morgan fingerprint density at radius 3 is 2.79 bits per heavy atom. The van der Waals surface area contributed by atoms with Crippen LogP contribution in [0.25, 0.3) is 11.1 Å². The van der Waals surface area contributed by atoms with E-state index >= 15 is 0 Å². The van der Waals surface area contributed by atoms with Gasteiger partial charge in [-0.1, -0.05) is 16.8 Å². The summed E-state index contributed by atoms with van der Waals surface area (Å²) in [5.41, 5.74) is 7.85. The maximum atomic E-state index is 9.61. The highest BCUT2D eigenvalue weighted by molar-refractivity contribution is 5.77. The average Bonchev–Trinajstić information content (AvgIpc) is 2.56. The van der Waals surface area contributed by atoms with E-state index in [0.29, 0.717) is 11.1 Å². The number of benzene rings is 1. The molecule has 0 unspecified atom stereocenters. The van der Waals surface area contributed by atoms with E-state index in [9.17, 15) is 5.11 Å². The first-order valence-corrected chi connectivity index (χ1v) is 4.18. The third kappa shape index (κ3) is 1.31. The minimum Gasteiger partial charge on any atom is -0.507 e. The van der Waals surface area contributed by atoms with Crippen LogP contribution in [0, 0.1) is 6.92 Å². The molecule has 72 valence electrons. The Kier molecular flexibility index (Phi) is 1.89. The molecule has 1 heterocycles. The first-order chi connectivity index (χ1) is 6.68. The molecular formula is C10H10N2O2. The molecule has 0 aliphatic carbocycles. The summed E-state index contributed by atoms with van der Waals surface area (Å²) in [7, 11) is 0. The first kappa shape index (κ1) is 8.62. The van der Waals surface area contributed by atoms with E-state index in [1.54, 1.807) is 6.07 Å². The Hall–Kier alpha value is -1.97. The number of aromatic nitrogens is 1. The number of phenols is 1. The third-order valence-corrected chi connectivity index (χ3v) is 2.04. The number of rotatable bonds is 1. The van der Waals surface area contributed by atoms with Crippen LogP contribution >= 0.6 is 0 Å². The van der Waals surface area contributed by atoms with Gasteiger partial charge in [0.25, 0.3) is 0 Å². The van der Waals surface area contributed by atoms with Crippen LogP contribution in [0.4, 0.5) is 5.88 Å². The minimum atomic E-state index is 0.172. The van der Waals surface area contributed by atoms with E-state index in [1.807, 2.05) is 19.1 Å². The van der Waals surface area contributed by atoms with Crippen LogP contribution < -0.4 is 5.73 Å². The van der Waals surface area contributed by atoms with Gasteiger partial charge in [-0.3, -0.25) is 0 Å². The lowest BCUT2D eigenvalue weighted by Crippen LogP contribution is -1.86. The summed E-state index contributed by atoms with van der Waals surface area (Å²) in [6, 6.07) is 5.28. The SMILES string of the molecule is Cc1ccc(O)c(-c2cnoc2N)c1. The van der Waals surface area contributed by atoms with Crippen molar-refractivity contribution in [1.29, 1.82) is 0 Å². The molecule has 0 saturated heterocycles. The zero-order chi connectivity index (χ0) is 10.1. The molecule has 4 nitrogen and oxygen atoms in total. The van der Waals surface area contributed by atoms with E-state index < -0.39 is 0 Å². The number of nitrogen functional groups attached to an aromatic ring is 1. The molecule has 1 aromatic carbocycles. The normalized spacial score (nSPS) is 10.4. The van der Waals surface area contributed by atoms with Crippen LogP contribution in [-0.4, -0.2) is 10.3 Å². The van der Waals surface area contributed by atoms with Gasteiger partial charge in [0.15, 0.2) is 0 Å². The highest BCUT2D eigenvalue weighted by atomic mass is 16.5. The van der Waals surface area contributed by atoms with Gasteiger partial charge in [0, 0.05) is 5.56 Å². The van der Waals surface area contributed by atoms with Crippen molar-refractivity contribution in [2.75, 3.05) is 5.73 Å². The molecule has 2 rings (SSSR count). The molecule has 3 N–H and O–H groups in total. The standard InChI is InChI=1S/C10H10N2O2/c1-6-2-3-9(13)7(4-6)8-5-12-14-10(8)11/h2-5,13H,11H2,1H3. The molecule has 1 aromatic heterocycles. The Bertz CT molecular complexity index is 463. The van der Waals surface area contributed by atoms with Crippen molar-refractivity contribution in [3.8, 4) is 16.9 Å². The zero-order valence-electron chi connectivity index (χ0n) is 7.69. The van der Waals surface area contributed by atoms with E-state index in [1.165, 1.54) is 6.20 Å². The van der Waals surface area contributed by atoms with Crippen molar-refractivity contribution in [2.45, 2.75) is 6.92 Å². The molecule has 2 aromatic rings. The van der Waals surface area contributed by atoms with Gasteiger partial charge in [0.05, 0.1) is 11.8 Å². The second kappa shape index (κ2) is 3.06. The number of aryl methyl sites for hydroxylation is 1. The van der Waals surface area contributed by atoms with Gasteiger partial charge < -0.3 is 15.4 Å². The van der Waals surface area contributed by atoms with Crippen molar-refractivity contribution < 1.29 is 9.63 Å². The number of nitrogens with zero attached hydrogens (tertiary/aromatic N) is 1. The number of hydrogen-bond donors (Lipinski definition) is 2. The topological polar surface area (TPSA) is 72.3 Å². The van der Waals surface area contributed by atoms with Gasteiger partial charge in [-0.05, 0) is 19.1 Å². The largest absolute Gasteiger partial charge is 0.507 e. The fourth-order valence-corrected chi connectivity index (χ4v) is 1.32. The average molecular weight is 190 g/mol. The second-order valence-electron chi connectivity index (χ2n) is 3.12. The van der Waals surface area contributed by atoms with Crippen LogP contribution in [-0.2, 0) is 0 Å². The van der Waals surface area contributed by atoms with Crippen LogP contribution in [0.3, 0.4) is 0 Å². The van der Waals surface area contributed by atoms with Crippen LogP contribution in [0.1, 0.15) is 5.56 Å². The van der Waals surface area contributed by atoms with Gasteiger partial charge in [-0.15, -0.1) is 0 Å². The van der Waals surface area contributed by atoms with Crippen molar-refractivity contribution in [1.82, 2.24) is 5.16 Å². The molecular weight excluding hydrogens is 180 g/mol. The van der Waals surface area contributed by atoms with E-state index in [0.717, 1.165) is 5.56 Å². The van der Waals surface area contributed by atoms with Crippen molar-refractivity contribution in [3.63, 3.8) is 0 Å². The lowest BCUT2D eigenvalue weighted by molar-refractivity contribution is 0.436. The molecule has 0 saturated carbocycles. The summed E-state index contributed by atoms with van der Waals surface area (Å²) in [6.07, 6.45) is 1.49. The van der Waals surface area contributed by atoms with Crippen LogP contribution in [0.15, 0.2) is 28.9 Å². The summed E-state index contributed by atoms with van der Waals surface area (Å²) < 4.78 is 4.73. The first-order valence-electron chi connectivity index (χ1n) is 4.18. The predicted octanol–water partition coefficient (Wildman–Crippen LogP) is 1.94. The van der Waals surface area contributed by atoms with Gasteiger partial charge in [-0.2, -0.15) is 0 Å². The van der Waals surface area contributed by atoms with Gasteiger partial charge in [-0.25, -0.2) is 0 Å². The molecule has 0 radical (unpaired) electrons. The molecule has 0 fully saturated rings. The minimum absolute atomic E-state index is 0.172. The molecule has 4 heteroatoms. The van der Waals surface area contributed by atoms with Crippen molar-refractivity contribution >= 4 is 5.88 Å². The predicted molar refractivity (Wildman–Crippen MR) is 52.8 cm³/mol. The Labute approximate surface area is 81.0 Å². The summed E-state index contributed by atoms with van der Waals surface area (Å²) in [5, 5.41) is 13.2. The van der Waals surface area contributed by atoms with Crippen molar-refractivity contribution in [3.05, 3.63) is 30.0 Å². The fourth-order valence-electron chi connectivity index (χ4n) is 1.32. The van der Waals surface area contributed by atoms with Gasteiger partial charge in [0.1, 0.15) is 5.75 Å². The molecule has 0 aliphatic rings. The lowest BCUT2D eigenvalue weighted by Gasteiger charge is -2.02.